The van der Waals surface area contributed by atoms with Crippen LogP contribution in [0.5, 0.6) is 0 Å². The second-order valence-corrected chi connectivity index (χ2v) is 4.25. The molecule has 1 aliphatic heterocycles. The maximum Gasteiger partial charge on any atom is 0.143 e. The Balaban J connectivity index is 2.07. The Bertz CT molecular complexity index is 626. The number of halogens is 1. The van der Waals surface area contributed by atoms with Crippen molar-refractivity contribution in [1.29, 1.82) is 5.26 Å². The summed E-state index contributed by atoms with van der Waals surface area (Å²) in [4.78, 5) is 0. The lowest BCUT2D eigenvalue weighted by molar-refractivity contribution is 0.479. The Morgan fingerprint density at radius 3 is 3.17 bits per heavy atom. The molecule has 0 radical (unpaired) electrons. The van der Waals surface area contributed by atoms with Crippen molar-refractivity contribution in [2.45, 2.75) is 12.5 Å². The zero-order valence-electron chi connectivity index (χ0n) is 9.60. The third-order valence-corrected chi connectivity index (χ3v) is 3.15. The summed E-state index contributed by atoms with van der Waals surface area (Å²) >= 11 is 0. The minimum Gasteiger partial charge on any atom is -0.369 e. The Morgan fingerprint density at radius 1 is 1.50 bits per heavy atom. The molecule has 1 aromatic carbocycles. The lowest BCUT2D eigenvalue weighted by atomic mass is 10.0. The minimum atomic E-state index is -0.250. The fourth-order valence-corrected chi connectivity index (χ4v) is 2.33. The van der Waals surface area contributed by atoms with Crippen LogP contribution in [0.2, 0.25) is 0 Å². The average molecular weight is 242 g/mol. The molecule has 1 aromatic heterocycles. The third kappa shape index (κ3) is 1.63. The molecular formula is C13H11FN4. The fraction of sp³-hybridized carbons (Fsp3) is 0.231. The normalized spacial score (nSPS) is 17.7. The Kier molecular flexibility index (Phi) is 2.49. The largest absolute Gasteiger partial charge is 0.369 e. The summed E-state index contributed by atoms with van der Waals surface area (Å²) in [6, 6.07) is 8.61. The summed E-state index contributed by atoms with van der Waals surface area (Å²) in [6.07, 6.45) is 2.36. The number of anilines is 1. The zero-order valence-corrected chi connectivity index (χ0v) is 9.60. The predicted octanol–water partition coefficient (Wildman–Crippen LogP) is 2.30. The number of fused-ring (bicyclic) bond motifs is 1. The average Bonchev–Trinajstić information content (AvgIpc) is 2.81. The number of aromatic nitrogens is 2. The molecule has 0 saturated carbocycles. The molecule has 1 aliphatic rings. The molecule has 0 amide bonds. The molecule has 90 valence electrons. The Morgan fingerprint density at radius 2 is 2.39 bits per heavy atom. The fourth-order valence-electron chi connectivity index (χ4n) is 2.33. The molecule has 0 bridgehead atoms. The summed E-state index contributed by atoms with van der Waals surface area (Å²) in [5.41, 5.74) is 1.40. The second kappa shape index (κ2) is 4.15. The molecule has 0 aliphatic carbocycles. The lowest BCUT2D eigenvalue weighted by Gasteiger charge is -2.26. The first-order valence-corrected chi connectivity index (χ1v) is 5.76. The topological polar surface area (TPSA) is 53.6 Å². The number of benzene rings is 1. The van der Waals surface area contributed by atoms with Gasteiger partial charge in [0.25, 0.3) is 0 Å². The highest BCUT2D eigenvalue weighted by atomic mass is 19.1. The van der Waals surface area contributed by atoms with E-state index in [-0.39, 0.29) is 11.9 Å². The molecule has 5 heteroatoms. The van der Waals surface area contributed by atoms with Crippen LogP contribution in [-0.2, 0) is 0 Å². The van der Waals surface area contributed by atoms with Crippen LogP contribution in [0.1, 0.15) is 23.6 Å². The molecule has 3 rings (SSSR count). The number of hydrogen-bond acceptors (Lipinski definition) is 3. The molecule has 2 aromatic rings. The molecular weight excluding hydrogens is 231 g/mol. The van der Waals surface area contributed by atoms with E-state index < -0.39 is 0 Å². The number of nitrogens with one attached hydrogen (secondary N) is 1. The van der Waals surface area contributed by atoms with E-state index in [4.69, 9.17) is 5.26 Å². The third-order valence-electron chi connectivity index (χ3n) is 3.15. The first-order valence-electron chi connectivity index (χ1n) is 5.76. The van der Waals surface area contributed by atoms with Crippen LogP contribution in [0.25, 0.3) is 0 Å². The highest BCUT2D eigenvalue weighted by Crippen LogP contribution is 2.31. The zero-order chi connectivity index (χ0) is 12.5. The second-order valence-electron chi connectivity index (χ2n) is 4.25. The van der Waals surface area contributed by atoms with E-state index in [1.165, 1.54) is 12.1 Å². The molecule has 1 atom stereocenters. The van der Waals surface area contributed by atoms with Gasteiger partial charge in [-0.2, -0.15) is 10.4 Å². The van der Waals surface area contributed by atoms with Crippen LogP contribution in [0.15, 0.2) is 30.5 Å². The predicted molar refractivity (Wildman–Crippen MR) is 64.6 cm³/mol. The van der Waals surface area contributed by atoms with E-state index in [0.717, 1.165) is 24.3 Å². The van der Waals surface area contributed by atoms with E-state index in [2.05, 4.69) is 16.5 Å². The van der Waals surface area contributed by atoms with Gasteiger partial charge >= 0.3 is 0 Å². The van der Waals surface area contributed by atoms with Gasteiger partial charge in [-0.25, -0.2) is 9.07 Å². The van der Waals surface area contributed by atoms with Crippen LogP contribution >= 0.6 is 0 Å². The van der Waals surface area contributed by atoms with E-state index in [9.17, 15) is 4.39 Å². The van der Waals surface area contributed by atoms with Gasteiger partial charge in [0.2, 0.25) is 0 Å². The van der Waals surface area contributed by atoms with E-state index in [0.29, 0.717) is 5.56 Å². The quantitative estimate of drug-likeness (QED) is 0.834. The van der Waals surface area contributed by atoms with Crippen molar-refractivity contribution in [3.8, 4) is 6.07 Å². The number of rotatable bonds is 1. The maximum absolute atomic E-state index is 13.3. The van der Waals surface area contributed by atoms with E-state index in [1.807, 2.05) is 6.07 Å². The monoisotopic (exact) mass is 242 g/mol. The summed E-state index contributed by atoms with van der Waals surface area (Å²) in [5, 5.41) is 16.4. The standard InChI is InChI=1S/C13H11FN4/c14-11-3-1-2-9(6-11)12-4-5-16-13-10(7-15)8-17-18(12)13/h1-3,6,8,12,16H,4-5H2/t12-/m1/s1. The van der Waals surface area contributed by atoms with E-state index >= 15 is 0 Å². The van der Waals surface area contributed by atoms with Crippen molar-refractivity contribution in [2.24, 2.45) is 0 Å². The SMILES string of the molecule is N#Cc1cnn2c1NCC[C@@H]2c1cccc(F)c1. The van der Waals surface area contributed by atoms with Gasteiger partial charge in [-0.15, -0.1) is 0 Å². The molecule has 0 saturated heterocycles. The molecule has 4 nitrogen and oxygen atoms in total. The van der Waals surface area contributed by atoms with Gasteiger partial charge in [0.15, 0.2) is 0 Å². The smallest absolute Gasteiger partial charge is 0.143 e. The lowest BCUT2D eigenvalue weighted by Crippen LogP contribution is -2.24. The summed E-state index contributed by atoms with van der Waals surface area (Å²) in [7, 11) is 0. The highest BCUT2D eigenvalue weighted by Gasteiger charge is 2.24. The highest BCUT2D eigenvalue weighted by molar-refractivity contribution is 5.53. The number of hydrogen-bond donors (Lipinski definition) is 1. The molecule has 2 heterocycles. The summed E-state index contributed by atoms with van der Waals surface area (Å²) in [5.74, 6) is 0.471. The van der Waals surface area contributed by atoms with Gasteiger partial charge in [0, 0.05) is 6.54 Å². The molecule has 1 N–H and O–H groups in total. The van der Waals surface area contributed by atoms with Crippen LogP contribution in [-0.4, -0.2) is 16.3 Å². The van der Waals surface area contributed by atoms with Crippen molar-refractivity contribution in [3.63, 3.8) is 0 Å². The molecule has 0 unspecified atom stereocenters. The van der Waals surface area contributed by atoms with E-state index in [1.54, 1.807) is 16.9 Å². The first kappa shape index (κ1) is 10.8. The Labute approximate surface area is 104 Å². The van der Waals surface area contributed by atoms with Crippen molar-refractivity contribution >= 4 is 5.82 Å². The van der Waals surface area contributed by atoms with Gasteiger partial charge < -0.3 is 5.32 Å². The minimum absolute atomic E-state index is 0.0148. The van der Waals surface area contributed by atoms with Gasteiger partial charge in [-0.05, 0) is 24.1 Å². The first-order chi connectivity index (χ1) is 8.79. The van der Waals surface area contributed by atoms with Gasteiger partial charge in [-0.3, -0.25) is 0 Å². The van der Waals surface area contributed by atoms with Gasteiger partial charge in [0.1, 0.15) is 23.3 Å². The van der Waals surface area contributed by atoms with Crippen molar-refractivity contribution in [3.05, 3.63) is 47.4 Å². The molecule has 0 spiro atoms. The van der Waals surface area contributed by atoms with Gasteiger partial charge in [0.05, 0.1) is 12.2 Å². The van der Waals surface area contributed by atoms with Crippen molar-refractivity contribution < 1.29 is 4.39 Å². The van der Waals surface area contributed by atoms with Crippen molar-refractivity contribution in [1.82, 2.24) is 9.78 Å². The van der Waals surface area contributed by atoms with Crippen LogP contribution in [0.4, 0.5) is 10.2 Å². The molecule has 0 fully saturated rings. The summed E-state index contributed by atoms with van der Waals surface area (Å²) in [6.45, 7) is 0.752. The molecule has 18 heavy (non-hydrogen) atoms. The summed E-state index contributed by atoms with van der Waals surface area (Å²) < 4.78 is 15.0. The van der Waals surface area contributed by atoms with Crippen molar-refractivity contribution in [2.75, 3.05) is 11.9 Å². The maximum atomic E-state index is 13.3. The van der Waals surface area contributed by atoms with Crippen LogP contribution < -0.4 is 5.32 Å². The van der Waals surface area contributed by atoms with Crippen LogP contribution in [0, 0.1) is 17.1 Å². The Hall–Kier alpha value is -2.35. The van der Waals surface area contributed by atoms with Gasteiger partial charge in [-0.1, -0.05) is 12.1 Å². The number of nitrogens with zero attached hydrogens (tertiary/aromatic N) is 3. The number of nitriles is 1. The van der Waals surface area contributed by atoms with Crippen LogP contribution in [0.3, 0.4) is 0 Å².